The smallest absolute Gasteiger partial charge is 0.273 e. The van der Waals surface area contributed by atoms with Gasteiger partial charge in [-0.15, -0.1) is 0 Å². The van der Waals surface area contributed by atoms with Crippen LogP contribution in [0.15, 0.2) is 18.2 Å². The van der Waals surface area contributed by atoms with E-state index in [9.17, 15) is 14.9 Å². The number of nitrogens with zero attached hydrogens (tertiary/aromatic N) is 2. The van der Waals surface area contributed by atoms with Crippen molar-refractivity contribution in [2.75, 3.05) is 13.7 Å². The first kappa shape index (κ1) is 17.1. The van der Waals surface area contributed by atoms with E-state index in [0.717, 1.165) is 19.3 Å². The number of nitro benzene ring substituents is 1. The molecule has 1 saturated heterocycles. The molecule has 1 aromatic carbocycles. The molecule has 2 rings (SSSR count). The van der Waals surface area contributed by atoms with Crippen molar-refractivity contribution in [3.8, 4) is 11.5 Å². The summed E-state index contributed by atoms with van der Waals surface area (Å²) in [6.45, 7) is 3.90. The van der Waals surface area contributed by atoms with Crippen LogP contribution in [0.2, 0.25) is 0 Å². The highest BCUT2D eigenvalue weighted by molar-refractivity contribution is 5.78. The van der Waals surface area contributed by atoms with Gasteiger partial charge in [0.1, 0.15) is 0 Å². The minimum atomic E-state index is -0.511. The zero-order chi connectivity index (χ0) is 17.0. The number of non-ortho nitro benzene ring substituents is 1. The van der Waals surface area contributed by atoms with Gasteiger partial charge in [-0.1, -0.05) is 0 Å². The first-order valence-corrected chi connectivity index (χ1v) is 7.70. The molecular weight excluding hydrogens is 300 g/mol. The molecule has 0 spiro atoms. The van der Waals surface area contributed by atoms with Crippen LogP contribution in [0.1, 0.15) is 33.1 Å². The predicted molar refractivity (Wildman–Crippen MR) is 84.8 cm³/mol. The summed E-state index contributed by atoms with van der Waals surface area (Å²) in [5, 5.41) is 10.9. The minimum absolute atomic E-state index is 0.104. The Balaban J connectivity index is 2.08. The summed E-state index contributed by atoms with van der Waals surface area (Å²) in [5.41, 5.74) is -0.104. The molecule has 0 unspecified atom stereocenters. The Kier molecular flexibility index (Phi) is 5.41. The van der Waals surface area contributed by atoms with E-state index in [0.29, 0.717) is 5.75 Å². The molecule has 23 heavy (non-hydrogen) atoms. The SMILES string of the molecule is COc1ccc([N+](=O)[O-])cc1OCC(=O)N1[C@H](C)CCC[C@@H]1C. The lowest BCUT2D eigenvalue weighted by Crippen LogP contribution is -2.49. The highest BCUT2D eigenvalue weighted by Crippen LogP contribution is 2.31. The van der Waals surface area contributed by atoms with Gasteiger partial charge in [0.05, 0.1) is 18.1 Å². The van der Waals surface area contributed by atoms with E-state index in [2.05, 4.69) is 0 Å². The Morgan fingerprint density at radius 2 is 1.96 bits per heavy atom. The zero-order valence-electron chi connectivity index (χ0n) is 13.7. The molecule has 2 atom stereocenters. The maximum Gasteiger partial charge on any atom is 0.273 e. The number of methoxy groups -OCH3 is 1. The highest BCUT2D eigenvalue weighted by Gasteiger charge is 2.29. The van der Waals surface area contributed by atoms with Gasteiger partial charge < -0.3 is 14.4 Å². The number of piperidine rings is 1. The fraction of sp³-hybridized carbons (Fsp3) is 0.562. The van der Waals surface area contributed by atoms with Crippen molar-refractivity contribution in [1.82, 2.24) is 4.90 Å². The molecule has 1 fully saturated rings. The standard InChI is InChI=1S/C16H22N2O5/c1-11-5-4-6-12(2)17(11)16(19)10-23-15-9-13(18(20)21)7-8-14(15)22-3/h7-9,11-12H,4-6,10H2,1-3H3/t11-,12+. The van der Waals surface area contributed by atoms with E-state index >= 15 is 0 Å². The second kappa shape index (κ2) is 7.30. The van der Waals surface area contributed by atoms with E-state index < -0.39 is 4.92 Å². The van der Waals surface area contributed by atoms with Crippen molar-refractivity contribution in [3.05, 3.63) is 28.3 Å². The largest absolute Gasteiger partial charge is 0.493 e. The number of carbonyl (C=O) groups is 1. The number of likely N-dealkylation sites (tertiary alicyclic amines) is 1. The third kappa shape index (κ3) is 3.91. The van der Waals surface area contributed by atoms with Crippen LogP contribution in [-0.2, 0) is 4.79 Å². The second-order valence-corrected chi connectivity index (χ2v) is 5.81. The number of rotatable bonds is 5. The molecule has 126 valence electrons. The fourth-order valence-electron chi connectivity index (χ4n) is 3.02. The maximum atomic E-state index is 12.4. The summed E-state index contributed by atoms with van der Waals surface area (Å²) in [5.74, 6) is 0.453. The van der Waals surface area contributed by atoms with Gasteiger partial charge in [-0.25, -0.2) is 0 Å². The topological polar surface area (TPSA) is 81.9 Å². The third-order valence-corrected chi connectivity index (χ3v) is 4.19. The molecule has 1 aliphatic rings. The van der Waals surface area contributed by atoms with Crippen molar-refractivity contribution >= 4 is 11.6 Å². The summed E-state index contributed by atoms with van der Waals surface area (Å²) in [6, 6.07) is 4.44. The van der Waals surface area contributed by atoms with Crippen LogP contribution in [0.5, 0.6) is 11.5 Å². The molecule has 1 aliphatic heterocycles. The molecule has 7 heteroatoms. The molecular formula is C16H22N2O5. The monoisotopic (exact) mass is 322 g/mol. The van der Waals surface area contributed by atoms with Gasteiger partial charge in [-0.3, -0.25) is 14.9 Å². The van der Waals surface area contributed by atoms with Crippen molar-refractivity contribution in [2.45, 2.75) is 45.2 Å². The molecule has 0 saturated carbocycles. The lowest BCUT2D eigenvalue weighted by Gasteiger charge is -2.39. The van der Waals surface area contributed by atoms with Gasteiger partial charge in [0.2, 0.25) is 0 Å². The normalized spacial score (nSPS) is 20.9. The summed E-state index contributed by atoms with van der Waals surface area (Å²) < 4.78 is 10.6. The third-order valence-electron chi connectivity index (χ3n) is 4.19. The van der Waals surface area contributed by atoms with Crippen LogP contribution >= 0.6 is 0 Å². The Morgan fingerprint density at radius 3 is 2.52 bits per heavy atom. The van der Waals surface area contributed by atoms with Gasteiger partial charge in [0.25, 0.3) is 11.6 Å². The first-order chi connectivity index (χ1) is 10.9. The molecule has 1 aromatic rings. The molecule has 1 amide bonds. The maximum absolute atomic E-state index is 12.4. The summed E-state index contributed by atoms with van der Waals surface area (Å²) in [6.07, 6.45) is 3.08. The molecule has 0 aromatic heterocycles. The van der Waals surface area contributed by atoms with Crippen LogP contribution in [0.4, 0.5) is 5.69 Å². The van der Waals surface area contributed by atoms with Crippen LogP contribution in [0, 0.1) is 10.1 Å². The van der Waals surface area contributed by atoms with Crippen molar-refractivity contribution in [2.24, 2.45) is 0 Å². The first-order valence-electron chi connectivity index (χ1n) is 7.70. The summed E-state index contributed by atoms with van der Waals surface area (Å²) in [7, 11) is 1.45. The second-order valence-electron chi connectivity index (χ2n) is 5.81. The van der Waals surface area contributed by atoms with Gasteiger partial charge >= 0.3 is 0 Å². The molecule has 0 aliphatic carbocycles. The van der Waals surface area contributed by atoms with Crippen LogP contribution in [0.25, 0.3) is 0 Å². The zero-order valence-corrected chi connectivity index (χ0v) is 13.7. The van der Waals surface area contributed by atoms with E-state index in [-0.39, 0.29) is 36.0 Å². The van der Waals surface area contributed by atoms with Crippen LogP contribution in [0.3, 0.4) is 0 Å². The van der Waals surface area contributed by atoms with E-state index in [1.165, 1.54) is 25.3 Å². The van der Waals surface area contributed by atoms with E-state index in [1.807, 2.05) is 18.7 Å². The van der Waals surface area contributed by atoms with Gasteiger partial charge in [-0.05, 0) is 39.2 Å². The Hall–Kier alpha value is -2.31. The highest BCUT2D eigenvalue weighted by atomic mass is 16.6. The molecule has 0 radical (unpaired) electrons. The minimum Gasteiger partial charge on any atom is -0.493 e. The molecule has 1 heterocycles. The number of nitro groups is 1. The molecule has 0 bridgehead atoms. The number of hydrogen-bond acceptors (Lipinski definition) is 5. The number of benzene rings is 1. The Labute approximate surface area is 135 Å². The summed E-state index contributed by atoms with van der Waals surface area (Å²) >= 11 is 0. The van der Waals surface area contributed by atoms with Crippen molar-refractivity contribution < 1.29 is 19.2 Å². The average molecular weight is 322 g/mol. The van der Waals surface area contributed by atoms with E-state index in [4.69, 9.17) is 9.47 Å². The van der Waals surface area contributed by atoms with Crippen molar-refractivity contribution in [1.29, 1.82) is 0 Å². The number of ether oxygens (including phenoxy) is 2. The summed E-state index contributed by atoms with van der Waals surface area (Å²) in [4.78, 5) is 24.6. The number of carbonyl (C=O) groups excluding carboxylic acids is 1. The van der Waals surface area contributed by atoms with Gasteiger partial charge in [-0.2, -0.15) is 0 Å². The Morgan fingerprint density at radius 1 is 1.30 bits per heavy atom. The number of hydrogen-bond donors (Lipinski definition) is 0. The lowest BCUT2D eigenvalue weighted by atomic mass is 9.97. The average Bonchev–Trinajstić information content (AvgIpc) is 2.52. The fourth-order valence-corrected chi connectivity index (χ4v) is 3.02. The van der Waals surface area contributed by atoms with Gasteiger partial charge in [0.15, 0.2) is 18.1 Å². The van der Waals surface area contributed by atoms with Crippen LogP contribution < -0.4 is 9.47 Å². The van der Waals surface area contributed by atoms with E-state index in [1.54, 1.807) is 0 Å². The lowest BCUT2D eigenvalue weighted by molar-refractivity contribution is -0.385. The number of amides is 1. The molecule has 0 N–H and O–H groups in total. The van der Waals surface area contributed by atoms with Gasteiger partial charge in [0, 0.05) is 18.2 Å². The quantitative estimate of drug-likeness (QED) is 0.615. The predicted octanol–water partition coefficient (Wildman–Crippen LogP) is 2.77. The Bertz CT molecular complexity index is 580. The van der Waals surface area contributed by atoms with Crippen molar-refractivity contribution in [3.63, 3.8) is 0 Å². The van der Waals surface area contributed by atoms with Crippen LogP contribution in [-0.4, -0.2) is 41.5 Å². The molecule has 7 nitrogen and oxygen atoms in total.